The minimum Gasteiger partial charge on any atom is -0.355 e. The van der Waals surface area contributed by atoms with Crippen LogP contribution in [0.25, 0.3) is 22.2 Å². The molecule has 1 amide bonds. The maximum absolute atomic E-state index is 11.7. The van der Waals surface area contributed by atoms with Crippen LogP contribution in [-0.4, -0.2) is 32.7 Å². The molecule has 0 spiro atoms. The van der Waals surface area contributed by atoms with E-state index in [1.54, 1.807) is 36.1 Å². The molecule has 3 aromatic heterocycles. The van der Waals surface area contributed by atoms with Crippen molar-refractivity contribution < 1.29 is 4.79 Å². The van der Waals surface area contributed by atoms with E-state index in [-0.39, 0.29) is 5.91 Å². The van der Waals surface area contributed by atoms with E-state index < -0.39 is 0 Å². The highest BCUT2D eigenvalue weighted by Crippen LogP contribution is 2.28. The Hall–Kier alpha value is -3.32. The lowest BCUT2D eigenvalue weighted by atomic mass is 10.2. The minimum absolute atomic E-state index is 0.183. The lowest BCUT2D eigenvalue weighted by Gasteiger charge is -2.09. The van der Waals surface area contributed by atoms with Gasteiger partial charge in [0.1, 0.15) is 5.82 Å². The Morgan fingerprint density at radius 1 is 1.22 bits per heavy atom. The Bertz CT molecular complexity index is 1150. The maximum Gasteiger partial charge on any atom is 0.251 e. The molecule has 0 radical (unpaired) electrons. The van der Waals surface area contributed by atoms with Gasteiger partial charge >= 0.3 is 0 Å². The van der Waals surface area contributed by atoms with Crippen molar-refractivity contribution in [2.24, 2.45) is 7.05 Å². The lowest BCUT2D eigenvalue weighted by Crippen LogP contribution is -2.17. The number of amides is 1. The number of nitrogens with one attached hydrogen (secondary N) is 3. The highest BCUT2D eigenvalue weighted by atomic mass is 35.5. The van der Waals surface area contributed by atoms with Crippen LogP contribution in [0.4, 0.5) is 11.5 Å². The average Bonchev–Trinajstić information content (AvgIpc) is 3.28. The number of halogens is 1. The van der Waals surface area contributed by atoms with Crippen LogP contribution in [0.2, 0.25) is 5.02 Å². The van der Waals surface area contributed by atoms with Gasteiger partial charge in [0.25, 0.3) is 5.91 Å². The molecule has 8 heteroatoms. The fraction of sp³-hybridized carbons (Fsp3) is 0.105. The van der Waals surface area contributed by atoms with Crippen molar-refractivity contribution >= 4 is 39.9 Å². The summed E-state index contributed by atoms with van der Waals surface area (Å²) in [5.74, 6) is 0.467. The molecule has 0 saturated carbocycles. The van der Waals surface area contributed by atoms with Gasteiger partial charge in [0.05, 0.1) is 22.4 Å². The van der Waals surface area contributed by atoms with Crippen molar-refractivity contribution in [2.45, 2.75) is 0 Å². The topological polar surface area (TPSA) is 87.6 Å². The van der Waals surface area contributed by atoms with E-state index in [2.05, 4.69) is 25.7 Å². The summed E-state index contributed by atoms with van der Waals surface area (Å²) in [5, 5.41) is 11.4. The standard InChI is InChI=1S/C19H17ClN6O/c1-21-19(27)11-3-4-15(14(20)5-11)25-18-7-17-12(8-22-18)6-16(24-17)13-9-23-26(2)10-13/h3-10,24H,1-2H3,(H,21,27)(H,22,25). The first-order valence-electron chi connectivity index (χ1n) is 8.30. The number of rotatable bonds is 4. The van der Waals surface area contributed by atoms with Crippen molar-refractivity contribution in [3.05, 3.63) is 59.5 Å². The second kappa shape index (κ2) is 6.77. The van der Waals surface area contributed by atoms with Gasteiger partial charge in [-0.1, -0.05) is 11.6 Å². The molecule has 4 aromatic rings. The molecular formula is C19H17ClN6O. The Morgan fingerprint density at radius 2 is 2.07 bits per heavy atom. The number of carbonyl (C=O) groups excluding carboxylic acids is 1. The van der Waals surface area contributed by atoms with Gasteiger partial charge in [-0.15, -0.1) is 0 Å². The van der Waals surface area contributed by atoms with Gasteiger partial charge in [-0.2, -0.15) is 5.10 Å². The van der Waals surface area contributed by atoms with E-state index in [0.29, 0.717) is 22.1 Å². The van der Waals surface area contributed by atoms with Crippen LogP contribution in [0.5, 0.6) is 0 Å². The summed E-state index contributed by atoms with van der Waals surface area (Å²) in [5.41, 5.74) is 4.11. The summed E-state index contributed by atoms with van der Waals surface area (Å²) in [6.07, 6.45) is 5.55. The van der Waals surface area contributed by atoms with Gasteiger partial charge in [-0.3, -0.25) is 9.48 Å². The van der Waals surface area contributed by atoms with Gasteiger partial charge in [-0.05, 0) is 24.3 Å². The molecule has 1 aromatic carbocycles. The van der Waals surface area contributed by atoms with E-state index >= 15 is 0 Å². The van der Waals surface area contributed by atoms with E-state index in [9.17, 15) is 4.79 Å². The fourth-order valence-electron chi connectivity index (χ4n) is 2.85. The normalized spacial score (nSPS) is 10.9. The number of pyridine rings is 1. The number of aromatic nitrogens is 4. The Labute approximate surface area is 160 Å². The quantitative estimate of drug-likeness (QED) is 0.503. The van der Waals surface area contributed by atoms with Gasteiger partial charge in [0, 0.05) is 54.8 Å². The molecular weight excluding hydrogens is 364 g/mol. The first kappa shape index (κ1) is 17.1. The van der Waals surface area contributed by atoms with Crippen molar-refractivity contribution in [1.82, 2.24) is 25.1 Å². The molecule has 27 heavy (non-hydrogen) atoms. The number of hydrogen-bond acceptors (Lipinski definition) is 4. The number of fused-ring (bicyclic) bond motifs is 1. The third-order valence-corrected chi connectivity index (χ3v) is 4.55. The van der Waals surface area contributed by atoms with E-state index in [1.807, 2.05) is 31.6 Å². The average molecular weight is 381 g/mol. The summed E-state index contributed by atoms with van der Waals surface area (Å²) in [4.78, 5) is 19.5. The second-order valence-electron chi connectivity index (χ2n) is 6.14. The number of anilines is 2. The Balaban J connectivity index is 1.62. The van der Waals surface area contributed by atoms with Crippen molar-refractivity contribution in [3.8, 4) is 11.3 Å². The third kappa shape index (κ3) is 3.37. The molecule has 0 aliphatic rings. The number of hydrogen-bond donors (Lipinski definition) is 3. The number of carbonyl (C=O) groups is 1. The summed E-state index contributed by atoms with van der Waals surface area (Å²) < 4.78 is 1.76. The van der Waals surface area contributed by atoms with Crippen molar-refractivity contribution in [3.63, 3.8) is 0 Å². The minimum atomic E-state index is -0.183. The van der Waals surface area contributed by atoms with Crippen molar-refractivity contribution in [1.29, 1.82) is 0 Å². The van der Waals surface area contributed by atoms with Gasteiger partial charge in [0.15, 0.2) is 0 Å². The summed E-state index contributed by atoms with van der Waals surface area (Å²) in [6, 6.07) is 9.04. The summed E-state index contributed by atoms with van der Waals surface area (Å²) in [7, 11) is 3.46. The number of benzene rings is 1. The molecule has 0 saturated heterocycles. The molecule has 4 rings (SSSR count). The maximum atomic E-state index is 11.7. The molecule has 0 bridgehead atoms. The molecule has 0 atom stereocenters. The third-order valence-electron chi connectivity index (χ3n) is 4.24. The first-order valence-corrected chi connectivity index (χ1v) is 8.68. The zero-order valence-electron chi connectivity index (χ0n) is 14.7. The Morgan fingerprint density at radius 3 is 2.78 bits per heavy atom. The SMILES string of the molecule is CNC(=O)c1ccc(Nc2cc3[nH]c(-c4cnn(C)c4)cc3cn2)c(Cl)c1. The molecule has 0 fully saturated rings. The molecule has 0 unspecified atom stereocenters. The summed E-state index contributed by atoms with van der Waals surface area (Å²) in [6.45, 7) is 0. The predicted octanol–water partition coefficient (Wildman–Crippen LogP) is 3.72. The highest BCUT2D eigenvalue weighted by molar-refractivity contribution is 6.33. The number of aromatic amines is 1. The molecule has 7 nitrogen and oxygen atoms in total. The van der Waals surface area contributed by atoms with E-state index in [1.165, 1.54) is 0 Å². The zero-order chi connectivity index (χ0) is 19.0. The van der Waals surface area contributed by atoms with Crippen LogP contribution in [0.15, 0.2) is 48.9 Å². The van der Waals surface area contributed by atoms with Gasteiger partial charge < -0.3 is 15.6 Å². The van der Waals surface area contributed by atoms with Gasteiger partial charge in [-0.25, -0.2) is 4.98 Å². The largest absolute Gasteiger partial charge is 0.355 e. The lowest BCUT2D eigenvalue weighted by molar-refractivity contribution is 0.0963. The molecule has 0 aliphatic carbocycles. The molecule has 0 aliphatic heterocycles. The van der Waals surface area contributed by atoms with Crippen LogP contribution >= 0.6 is 11.6 Å². The van der Waals surface area contributed by atoms with Crippen LogP contribution in [-0.2, 0) is 7.05 Å². The van der Waals surface area contributed by atoms with Crippen LogP contribution in [0, 0.1) is 0 Å². The Kier molecular flexibility index (Phi) is 4.29. The van der Waals surface area contributed by atoms with Crippen LogP contribution < -0.4 is 10.6 Å². The van der Waals surface area contributed by atoms with E-state index in [4.69, 9.17) is 11.6 Å². The number of H-pyrrole nitrogens is 1. The smallest absolute Gasteiger partial charge is 0.251 e. The van der Waals surface area contributed by atoms with E-state index in [0.717, 1.165) is 22.2 Å². The molecule has 3 N–H and O–H groups in total. The fourth-order valence-corrected chi connectivity index (χ4v) is 3.08. The summed E-state index contributed by atoms with van der Waals surface area (Å²) >= 11 is 6.30. The van der Waals surface area contributed by atoms with Crippen LogP contribution in [0.1, 0.15) is 10.4 Å². The van der Waals surface area contributed by atoms with Crippen molar-refractivity contribution in [2.75, 3.05) is 12.4 Å². The number of aryl methyl sites for hydroxylation is 1. The number of nitrogens with zero attached hydrogens (tertiary/aromatic N) is 3. The monoisotopic (exact) mass is 380 g/mol. The van der Waals surface area contributed by atoms with Crippen LogP contribution in [0.3, 0.4) is 0 Å². The first-order chi connectivity index (χ1) is 13.0. The molecule has 136 valence electrons. The van der Waals surface area contributed by atoms with Gasteiger partial charge in [0.2, 0.25) is 0 Å². The molecule has 3 heterocycles. The highest BCUT2D eigenvalue weighted by Gasteiger charge is 2.10. The predicted molar refractivity (Wildman–Crippen MR) is 106 cm³/mol. The zero-order valence-corrected chi connectivity index (χ0v) is 15.5. The second-order valence-corrected chi connectivity index (χ2v) is 6.55.